The third-order valence-corrected chi connectivity index (χ3v) is 5.25. The lowest BCUT2D eigenvalue weighted by Gasteiger charge is -2.13. The number of rotatable bonds is 7. The van der Waals surface area contributed by atoms with E-state index in [9.17, 15) is 25.3 Å². The van der Waals surface area contributed by atoms with Crippen molar-refractivity contribution >= 4 is 28.7 Å². The van der Waals surface area contributed by atoms with Gasteiger partial charge in [0.2, 0.25) is 5.88 Å². The molecule has 0 spiro atoms. The van der Waals surface area contributed by atoms with E-state index in [1.165, 1.54) is 19.1 Å². The fraction of sp³-hybridized carbons (Fsp3) is 0.182. The number of halogens is 1. The number of aryl methyl sites for hydroxylation is 1. The van der Waals surface area contributed by atoms with Gasteiger partial charge in [-0.05, 0) is 37.1 Å². The number of nitrogens with zero attached hydrogens (tertiary/aromatic N) is 5. The SMILES string of the molecule is COc1ccc(CCn2c(O)c(C#N)c(C)c(N=Nc3ccc([N+](=O)[O-])cc3Cl)c2=O)cc1. The molecule has 0 saturated carbocycles. The Morgan fingerprint density at radius 2 is 1.94 bits per heavy atom. The summed E-state index contributed by atoms with van der Waals surface area (Å²) in [5.41, 5.74) is 0.0511. The molecule has 0 saturated heterocycles. The number of pyridine rings is 1. The topological polar surface area (TPSA) is 143 Å². The van der Waals surface area contributed by atoms with E-state index < -0.39 is 16.4 Å². The Balaban J connectivity index is 1.98. The quantitative estimate of drug-likeness (QED) is 0.295. The number of methoxy groups -OCH3 is 1. The minimum atomic E-state index is -0.640. The van der Waals surface area contributed by atoms with Gasteiger partial charge in [0.25, 0.3) is 11.2 Å². The zero-order chi connectivity index (χ0) is 24.1. The number of nitro groups is 1. The van der Waals surface area contributed by atoms with Crippen LogP contribution in [0.5, 0.6) is 11.6 Å². The van der Waals surface area contributed by atoms with Gasteiger partial charge in [-0.3, -0.25) is 19.5 Å². The monoisotopic (exact) mass is 467 g/mol. The maximum atomic E-state index is 13.0. The molecule has 3 aromatic rings. The molecular weight excluding hydrogens is 450 g/mol. The van der Waals surface area contributed by atoms with Gasteiger partial charge in [-0.1, -0.05) is 23.7 Å². The minimum absolute atomic E-state index is 0.0234. The van der Waals surface area contributed by atoms with Crippen molar-refractivity contribution in [3.8, 4) is 17.7 Å². The number of ether oxygens (including phenoxy) is 1. The van der Waals surface area contributed by atoms with Crippen molar-refractivity contribution in [3.63, 3.8) is 0 Å². The summed E-state index contributed by atoms with van der Waals surface area (Å²) in [5, 5.41) is 38.7. The second kappa shape index (κ2) is 9.93. The molecule has 1 N–H and O–H groups in total. The molecule has 0 bridgehead atoms. The number of aromatic nitrogens is 1. The van der Waals surface area contributed by atoms with Crippen molar-refractivity contribution in [1.82, 2.24) is 4.57 Å². The van der Waals surface area contributed by atoms with E-state index in [1.54, 1.807) is 19.2 Å². The summed E-state index contributed by atoms with van der Waals surface area (Å²) in [4.78, 5) is 23.3. The molecular formula is C22H18ClN5O5. The molecule has 0 unspecified atom stereocenters. The van der Waals surface area contributed by atoms with Crippen LogP contribution >= 0.6 is 11.6 Å². The number of aromatic hydroxyl groups is 1. The molecule has 0 amide bonds. The second-order valence-electron chi connectivity index (χ2n) is 6.93. The van der Waals surface area contributed by atoms with E-state index in [4.69, 9.17) is 16.3 Å². The molecule has 10 nitrogen and oxygen atoms in total. The Bertz CT molecular complexity index is 1340. The van der Waals surface area contributed by atoms with E-state index in [2.05, 4.69) is 10.2 Å². The molecule has 0 aliphatic carbocycles. The lowest BCUT2D eigenvalue weighted by atomic mass is 10.1. The Morgan fingerprint density at radius 3 is 2.52 bits per heavy atom. The third kappa shape index (κ3) is 4.99. The molecule has 0 radical (unpaired) electrons. The van der Waals surface area contributed by atoms with Crippen LogP contribution < -0.4 is 10.3 Å². The maximum Gasteiger partial charge on any atom is 0.281 e. The standard InChI is InChI=1S/C22H18ClN5O5/c1-13-17(12-24)21(29)27(10-9-14-3-6-16(33-2)7-4-14)22(30)20(13)26-25-19-8-5-15(28(31)32)11-18(19)23/h3-8,11,29H,9-10H2,1-2H3. The highest BCUT2D eigenvalue weighted by Gasteiger charge is 2.19. The third-order valence-electron chi connectivity index (χ3n) is 4.95. The van der Waals surface area contributed by atoms with Crippen molar-refractivity contribution < 1.29 is 14.8 Å². The molecule has 168 valence electrons. The highest BCUT2D eigenvalue weighted by Crippen LogP contribution is 2.32. The van der Waals surface area contributed by atoms with Gasteiger partial charge in [0.1, 0.15) is 23.1 Å². The van der Waals surface area contributed by atoms with Gasteiger partial charge >= 0.3 is 0 Å². The number of hydrogen-bond donors (Lipinski definition) is 1. The summed E-state index contributed by atoms with van der Waals surface area (Å²) < 4.78 is 6.18. The smallest absolute Gasteiger partial charge is 0.281 e. The normalized spacial score (nSPS) is 10.8. The predicted molar refractivity (Wildman–Crippen MR) is 121 cm³/mol. The van der Waals surface area contributed by atoms with Gasteiger partial charge < -0.3 is 9.84 Å². The van der Waals surface area contributed by atoms with Gasteiger partial charge in [-0.25, -0.2) is 0 Å². The lowest BCUT2D eigenvalue weighted by molar-refractivity contribution is -0.384. The molecule has 2 aromatic carbocycles. The molecule has 0 aliphatic heterocycles. The first-order chi connectivity index (χ1) is 15.8. The van der Waals surface area contributed by atoms with Gasteiger partial charge in [0, 0.05) is 24.2 Å². The summed E-state index contributed by atoms with van der Waals surface area (Å²) in [6.07, 6.45) is 0.399. The first kappa shape index (κ1) is 23.4. The van der Waals surface area contributed by atoms with Crippen LogP contribution in [0.15, 0.2) is 57.5 Å². The van der Waals surface area contributed by atoms with Crippen molar-refractivity contribution in [1.29, 1.82) is 5.26 Å². The highest BCUT2D eigenvalue weighted by atomic mass is 35.5. The van der Waals surface area contributed by atoms with Crippen LogP contribution in [0.1, 0.15) is 16.7 Å². The largest absolute Gasteiger partial charge is 0.497 e. The first-order valence-corrected chi connectivity index (χ1v) is 9.99. The fourth-order valence-electron chi connectivity index (χ4n) is 3.09. The Kier molecular flexibility index (Phi) is 7.05. The van der Waals surface area contributed by atoms with Crippen molar-refractivity contribution in [2.75, 3.05) is 7.11 Å². The molecule has 1 aromatic heterocycles. The molecule has 1 heterocycles. The zero-order valence-electron chi connectivity index (χ0n) is 17.6. The van der Waals surface area contributed by atoms with Crippen molar-refractivity contribution in [2.24, 2.45) is 10.2 Å². The Labute approximate surface area is 193 Å². The molecule has 3 rings (SSSR count). The number of hydrogen-bond acceptors (Lipinski definition) is 8. The highest BCUT2D eigenvalue weighted by molar-refractivity contribution is 6.33. The van der Waals surface area contributed by atoms with E-state index in [1.807, 2.05) is 18.2 Å². The van der Waals surface area contributed by atoms with E-state index in [0.717, 1.165) is 16.2 Å². The van der Waals surface area contributed by atoms with Gasteiger partial charge in [-0.15, -0.1) is 10.2 Å². The van der Waals surface area contributed by atoms with Crippen LogP contribution in [0.25, 0.3) is 0 Å². The van der Waals surface area contributed by atoms with Crippen LogP contribution in [0.4, 0.5) is 17.1 Å². The van der Waals surface area contributed by atoms with Crippen LogP contribution in [0, 0.1) is 28.4 Å². The number of nitro benzene ring substituents is 1. The number of nitriles is 1. The first-order valence-electron chi connectivity index (χ1n) is 9.62. The van der Waals surface area contributed by atoms with Crippen molar-refractivity contribution in [3.05, 3.63) is 84.6 Å². The molecule has 0 atom stereocenters. The zero-order valence-corrected chi connectivity index (χ0v) is 18.4. The molecule has 0 aliphatic rings. The van der Waals surface area contributed by atoms with E-state index in [0.29, 0.717) is 12.2 Å². The summed E-state index contributed by atoms with van der Waals surface area (Å²) in [5.74, 6) is 0.231. The van der Waals surface area contributed by atoms with Crippen LogP contribution in [-0.4, -0.2) is 21.7 Å². The van der Waals surface area contributed by atoms with Crippen LogP contribution in [-0.2, 0) is 13.0 Å². The van der Waals surface area contributed by atoms with E-state index >= 15 is 0 Å². The minimum Gasteiger partial charge on any atom is -0.497 e. The number of azo groups is 1. The Hall–Kier alpha value is -4.23. The molecule has 33 heavy (non-hydrogen) atoms. The van der Waals surface area contributed by atoms with E-state index in [-0.39, 0.29) is 39.8 Å². The molecule has 11 heteroatoms. The lowest BCUT2D eigenvalue weighted by Crippen LogP contribution is -2.22. The maximum absolute atomic E-state index is 13.0. The van der Waals surface area contributed by atoms with Gasteiger partial charge in [0.05, 0.1) is 17.1 Å². The molecule has 0 fully saturated rings. The summed E-state index contributed by atoms with van der Waals surface area (Å²) in [7, 11) is 1.56. The fourth-order valence-corrected chi connectivity index (χ4v) is 3.30. The summed E-state index contributed by atoms with van der Waals surface area (Å²) in [6.45, 7) is 1.56. The summed E-state index contributed by atoms with van der Waals surface area (Å²) in [6, 6.07) is 12.7. The van der Waals surface area contributed by atoms with Crippen LogP contribution in [0.3, 0.4) is 0 Å². The second-order valence-corrected chi connectivity index (χ2v) is 7.34. The Morgan fingerprint density at radius 1 is 1.24 bits per heavy atom. The van der Waals surface area contributed by atoms with Gasteiger partial charge in [-0.2, -0.15) is 5.26 Å². The van der Waals surface area contributed by atoms with Gasteiger partial charge in [0.15, 0.2) is 5.69 Å². The predicted octanol–water partition coefficient (Wildman–Crippen LogP) is 4.96. The number of benzene rings is 2. The number of non-ortho nitro benzene ring substituents is 1. The summed E-state index contributed by atoms with van der Waals surface area (Å²) >= 11 is 6.03. The van der Waals surface area contributed by atoms with Crippen LogP contribution in [0.2, 0.25) is 5.02 Å². The average Bonchev–Trinajstić information content (AvgIpc) is 2.80. The van der Waals surface area contributed by atoms with Crippen molar-refractivity contribution in [2.45, 2.75) is 19.9 Å². The average molecular weight is 468 g/mol.